The molecule has 0 amide bonds. The number of anilines is 1. The maximum atomic E-state index is 13.4. The molecule has 7 heteroatoms. The van der Waals surface area contributed by atoms with Gasteiger partial charge in [-0.1, -0.05) is 38.1 Å². The first-order valence-corrected chi connectivity index (χ1v) is 11.9. The molecule has 1 N–H and O–H groups in total. The second-order valence-electron chi connectivity index (χ2n) is 9.26. The fourth-order valence-corrected chi connectivity index (χ4v) is 7.91. The summed E-state index contributed by atoms with van der Waals surface area (Å²) in [7, 11) is -3.56. The van der Waals surface area contributed by atoms with E-state index in [-0.39, 0.29) is 17.1 Å². The van der Waals surface area contributed by atoms with Crippen LogP contribution < -0.4 is 4.90 Å². The number of aryl methyl sites for hydroxylation is 1. The summed E-state index contributed by atoms with van der Waals surface area (Å²) in [6.07, 6.45) is 3.31. The highest BCUT2D eigenvalue weighted by molar-refractivity contribution is 7.89. The van der Waals surface area contributed by atoms with E-state index in [9.17, 15) is 18.3 Å². The van der Waals surface area contributed by atoms with E-state index >= 15 is 0 Å². The number of carboxylic acid groups (broad SMARTS) is 1. The van der Waals surface area contributed by atoms with Crippen molar-refractivity contribution in [1.82, 2.24) is 4.31 Å². The molecule has 1 aromatic carbocycles. The molecule has 0 aromatic heterocycles. The van der Waals surface area contributed by atoms with Crippen LogP contribution in [-0.2, 0) is 14.8 Å². The molecule has 4 rings (SSSR count). The zero-order valence-electron chi connectivity index (χ0n) is 17.4. The molecule has 1 saturated heterocycles. The van der Waals surface area contributed by atoms with Gasteiger partial charge < -0.3 is 10.0 Å². The summed E-state index contributed by atoms with van der Waals surface area (Å²) in [5.41, 5.74) is 1.49. The summed E-state index contributed by atoms with van der Waals surface area (Å²) < 4.78 is 28.3. The van der Waals surface area contributed by atoms with E-state index in [1.807, 2.05) is 32.1 Å². The number of sulfonamides is 1. The van der Waals surface area contributed by atoms with Crippen LogP contribution in [0.5, 0.6) is 0 Å². The van der Waals surface area contributed by atoms with Gasteiger partial charge in [-0.2, -0.15) is 4.31 Å². The van der Waals surface area contributed by atoms with Crippen LogP contribution >= 0.6 is 0 Å². The first-order valence-electron chi connectivity index (χ1n) is 10.3. The minimum atomic E-state index is -3.56. The number of nitrogens with zero attached hydrogens (tertiary/aromatic N) is 2. The van der Waals surface area contributed by atoms with Crippen LogP contribution in [0.2, 0.25) is 0 Å². The van der Waals surface area contributed by atoms with Gasteiger partial charge in [-0.25, -0.2) is 13.2 Å². The number of carbonyl (C=O) groups is 1. The van der Waals surface area contributed by atoms with Crippen LogP contribution in [0.15, 0.2) is 35.9 Å². The number of hydrogen-bond donors (Lipinski definition) is 1. The minimum Gasteiger partial charge on any atom is -0.478 e. The highest BCUT2D eigenvalue weighted by atomic mass is 32.2. The smallest absolute Gasteiger partial charge is 0.331 e. The summed E-state index contributed by atoms with van der Waals surface area (Å²) >= 11 is 0. The van der Waals surface area contributed by atoms with Crippen molar-refractivity contribution >= 4 is 21.7 Å². The summed E-state index contributed by atoms with van der Waals surface area (Å²) in [4.78, 5) is 14.1. The average molecular weight is 419 g/mol. The van der Waals surface area contributed by atoms with Crippen molar-refractivity contribution in [1.29, 1.82) is 0 Å². The lowest BCUT2D eigenvalue weighted by atomic mass is 9.67. The molecular weight excluding hydrogens is 388 g/mol. The van der Waals surface area contributed by atoms with Crippen LogP contribution in [0.25, 0.3) is 0 Å². The minimum absolute atomic E-state index is 0.105. The Labute approximate surface area is 173 Å². The molecule has 2 unspecified atom stereocenters. The van der Waals surface area contributed by atoms with Crippen LogP contribution in [-0.4, -0.2) is 55.7 Å². The first-order chi connectivity index (χ1) is 13.6. The average Bonchev–Trinajstić information content (AvgIpc) is 3.03. The van der Waals surface area contributed by atoms with Crippen LogP contribution in [0.1, 0.15) is 32.3 Å². The highest BCUT2D eigenvalue weighted by Crippen LogP contribution is 2.65. The number of para-hydroxylation sites is 1. The largest absolute Gasteiger partial charge is 0.478 e. The van der Waals surface area contributed by atoms with E-state index in [1.165, 1.54) is 5.56 Å². The van der Waals surface area contributed by atoms with E-state index in [0.717, 1.165) is 12.1 Å². The van der Waals surface area contributed by atoms with Gasteiger partial charge in [0.1, 0.15) is 0 Å². The Hall–Kier alpha value is -1.86. The number of benzene rings is 1. The normalized spacial score (nSPS) is 29.1. The van der Waals surface area contributed by atoms with Crippen molar-refractivity contribution in [3.8, 4) is 0 Å². The summed E-state index contributed by atoms with van der Waals surface area (Å²) in [6, 6.07) is 8.14. The maximum absolute atomic E-state index is 13.4. The molecule has 2 aliphatic carbocycles. The molecule has 158 valence electrons. The van der Waals surface area contributed by atoms with Crippen LogP contribution in [0.3, 0.4) is 0 Å². The molecule has 2 fully saturated rings. The van der Waals surface area contributed by atoms with E-state index in [0.29, 0.717) is 38.2 Å². The quantitative estimate of drug-likeness (QED) is 0.796. The second-order valence-corrected chi connectivity index (χ2v) is 11.2. The standard InChI is InChI=1S/C22H30N2O4S/c1-16-6-4-5-7-19(16)23-10-12-24(13-11-23)29(27,28)15-22-9-8-17(21(22,2)3)14-18(22)20(25)26/h4-7,14,17H,8-13,15H2,1-3H3,(H,25,26). The van der Waals surface area contributed by atoms with Crippen molar-refractivity contribution in [2.24, 2.45) is 16.7 Å². The second kappa shape index (κ2) is 6.84. The molecule has 29 heavy (non-hydrogen) atoms. The molecular formula is C22H30N2O4S. The summed E-state index contributed by atoms with van der Waals surface area (Å²) in [5, 5.41) is 9.74. The van der Waals surface area contributed by atoms with Crippen LogP contribution in [0, 0.1) is 23.7 Å². The molecule has 2 atom stereocenters. The summed E-state index contributed by atoms with van der Waals surface area (Å²) in [5.74, 6) is -0.937. The molecule has 1 heterocycles. The van der Waals surface area contributed by atoms with Gasteiger partial charge >= 0.3 is 5.97 Å². The first kappa shape index (κ1) is 20.4. The van der Waals surface area contributed by atoms with Crippen molar-refractivity contribution in [3.05, 3.63) is 41.5 Å². The lowest BCUT2D eigenvalue weighted by Gasteiger charge is -2.42. The van der Waals surface area contributed by atoms with E-state index < -0.39 is 21.4 Å². The Kier molecular flexibility index (Phi) is 4.82. The number of aliphatic carboxylic acids is 1. The molecule has 0 spiro atoms. The monoisotopic (exact) mass is 418 g/mol. The Morgan fingerprint density at radius 2 is 1.83 bits per heavy atom. The van der Waals surface area contributed by atoms with Crippen LogP contribution in [0.4, 0.5) is 5.69 Å². The van der Waals surface area contributed by atoms with Gasteiger partial charge in [0.05, 0.1) is 5.75 Å². The third kappa shape index (κ3) is 3.10. The predicted octanol–water partition coefficient (Wildman–Crippen LogP) is 2.89. The number of rotatable bonds is 5. The van der Waals surface area contributed by atoms with Crippen molar-refractivity contribution in [2.45, 2.75) is 33.6 Å². The van der Waals surface area contributed by atoms with E-state index in [1.54, 1.807) is 4.31 Å². The Morgan fingerprint density at radius 1 is 1.17 bits per heavy atom. The van der Waals surface area contributed by atoms with Gasteiger partial charge in [0.2, 0.25) is 10.0 Å². The maximum Gasteiger partial charge on any atom is 0.331 e. The van der Waals surface area contributed by atoms with Gasteiger partial charge in [-0.15, -0.1) is 0 Å². The highest BCUT2D eigenvalue weighted by Gasteiger charge is 2.63. The Bertz CT molecular complexity index is 961. The molecule has 1 saturated carbocycles. The SMILES string of the molecule is Cc1ccccc1N1CCN(S(=O)(=O)CC23CCC(C=C2C(=O)O)C3(C)C)CC1. The zero-order valence-corrected chi connectivity index (χ0v) is 18.2. The van der Waals surface area contributed by atoms with Crippen molar-refractivity contribution in [3.63, 3.8) is 0 Å². The van der Waals surface area contributed by atoms with Gasteiger partial charge in [0.25, 0.3) is 0 Å². The van der Waals surface area contributed by atoms with Gasteiger partial charge in [0.15, 0.2) is 0 Å². The molecule has 0 radical (unpaired) electrons. The topological polar surface area (TPSA) is 77.9 Å². The Balaban J connectivity index is 1.52. The molecule has 6 nitrogen and oxygen atoms in total. The third-order valence-electron chi connectivity index (χ3n) is 7.67. The van der Waals surface area contributed by atoms with E-state index in [4.69, 9.17) is 0 Å². The number of piperazine rings is 1. The fraction of sp³-hybridized carbons (Fsp3) is 0.591. The van der Waals surface area contributed by atoms with Crippen molar-refractivity contribution < 1.29 is 18.3 Å². The Morgan fingerprint density at radius 3 is 2.41 bits per heavy atom. The fourth-order valence-electron chi connectivity index (χ4n) is 5.71. The molecule has 1 aliphatic heterocycles. The zero-order chi connectivity index (χ0) is 21.0. The van der Waals surface area contributed by atoms with Gasteiger partial charge in [-0.3, -0.25) is 0 Å². The molecule has 2 bridgehead atoms. The number of hydrogen-bond acceptors (Lipinski definition) is 4. The number of allylic oxidation sites excluding steroid dienone is 1. The molecule has 1 aromatic rings. The molecule has 3 aliphatic rings. The summed E-state index contributed by atoms with van der Waals surface area (Å²) in [6.45, 7) is 8.28. The van der Waals surface area contributed by atoms with Gasteiger partial charge in [-0.05, 0) is 42.7 Å². The number of carboxylic acids is 1. The van der Waals surface area contributed by atoms with Gasteiger partial charge in [0, 0.05) is 42.9 Å². The number of fused-ring (bicyclic) bond motifs is 2. The van der Waals surface area contributed by atoms with E-state index in [2.05, 4.69) is 24.0 Å². The third-order valence-corrected chi connectivity index (χ3v) is 9.68. The lowest BCUT2D eigenvalue weighted by Crippen LogP contribution is -2.52. The lowest BCUT2D eigenvalue weighted by molar-refractivity contribution is -0.134. The van der Waals surface area contributed by atoms with Crippen molar-refractivity contribution in [2.75, 3.05) is 36.8 Å². The predicted molar refractivity (Wildman–Crippen MR) is 113 cm³/mol.